The monoisotopic (exact) mass is 661 g/mol. The van der Waals surface area contributed by atoms with Gasteiger partial charge in [0.05, 0.1) is 0 Å². The van der Waals surface area contributed by atoms with E-state index < -0.39 is 0 Å². The molecule has 0 saturated carbocycles. The zero-order valence-electron chi connectivity index (χ0n) is 28.2. The molecule has 0 aliphatic carbocycles. The highest BCUT2D eigenvalue weighted by Gasteiger charge is 2.18. The van der Waals surface area contributed by atoms with E-state index in [1.807, 2.05) is 30.3 Å². The molecule has 0 atom stereocenters. The highest BCUT2D eigenvalue weighted by atomic mass is 15.0. The molecule has 9 aromatic carbocycles. The molecule has 0 fully saturated rings. The quantitative estimate of drug-likeness (QED) is 0.172. The van der Waals surface area contributed by atoms with E-state index in [1.165, 1.54) is 65.3 Å². The van der Waals surface area contributed by atoms with E-state index in [1.54, 1.807) is 6.33 Å². The maximum Gasteiger partial charge on any atom is 0.163 e. The van der Waals surface area contributed by atoms with Crippen LogP contribution in [0.3, 0.4) is 0 Å². The Balaban J connectivity index is 1.17. The summed E-state index contributed by atoms with van der Waals surface area (Å²) in [5.74, 6) is 1.32. The third kappa shape index (κ3) is 5.19. The largest absolute Gasteiger partial charge is 0.217 e. The van der Waals surface area contributed by atoms with Crippen LogP contribution in [0.1, 0.15) is 0 Å². The fraction of sp³-hybridized carbons (Fsp3) is 0. The van der Waals surface area contributed by atoms with Gasteiger partial charge >= 0.3 is 0 Å². The van der Waals surface area contributed by atoms with Crippen molar-refractivity contribution in [2.75, 3.05) is 0 Å². The molecule has 0 spiro atoms. The molecule has 3 nitrogen and oxygen atoms in total. The highest BCUT2D eigenvalue weighted by Crippen LogP contribution is 2.45. The van der Waals surface area contributed by atoms with Crippen LogP contribution in [0.5, 0.6) is 0 Å². The Bertz CT molecular complexity index is 2950. The predicted molar refractivity (Wildman–Crippen MR) is 217 cm³/mol. The fourth-order valence-electron chi connectivity index (χ4n) is 7.64. The lowest BCUT2D eigenvalue weighted by atomic mass is 9.84. The first kappa shape index (κ1) is 29.9. The van der Waals surface area contributed by atoms with Gasteiger partial charge in [0.15, 0.2) is 11.6 Å². The summed E-state index contributed by atoms with van der Waals surface area (Å²) >= 11 is 0. The fourth-order valence-corrected chi connectivity index (χ4v) is 7.64. The maximum atomic E-state index is 4.79. The van der Waals surface area contributed by atoms with Crippen molar-refractivity contribution in [3.63, 3.8) is 0 Å². The molecule has 0 N–H and O–H groups in total. The van der Waals surface area contributed by atoms with Crippen LogP contribution in [0.4, 0.5) is 0 Å². The predicted octanol–water partition coefficient (Wildman–Crippen LogP) is 12.8. The zero-order valence-corrected chi connectivity index (χ0v) is 28.2. The van der Waals surface area contributed by atoms with Crippen LogP contribution < -0.4 is 0 Å². The molecular formula is C49H31N3. The number of fused-ring (bicyclic) bond motifs is 4. The van der Waals surface area contributed by atoms with Gasteiger partial charge in [-0.05, 0) is 94.7 Å². The second-order valence-electron chi connectivity index (χ2n) is 13.3. The summed E-state index contributed by atoms with van der Waals surface area (Å²) in [6.45, 7) is 0. The number of benzene rings is 9. The first-order valence-electron chi connectivity index (χ1n) is 17.6. The Morgan fingerprint density at radius 3 is 1.33 bits per heavy atom. The molecule has 0 amide bonds. The molecular weight excluding hydrogens is 631 g/mol. The molecule has 0 radical (unpaired) electrons. The van der Waals surface area contributed by atoms with Crippen molar-refractivity contribution in [1.29, 1.82) is 0 Å². The topological polar surface area (TPSA) is 38.7 Å². The van der Waals surface area contributed by atoms with Gasteiger partial charge in [0.2, 0.25) is 0 Å². The Labute approximate surface area is 301 Å². The summed E-state index contributed by atoms with van der Waals surface area (Å²) in [6, 6.07) is 65.3. The lowest BCUT2D eigenvalue weighted by molar-refractivity contribution is 1.07. The smallest absolute Gasteiger partial charge is 0.163 e. The van der Waals surface area contributed by atoms with Gasteiger partial charge < -0.3 is 0 Å². The molecule has 3 heteroatoms. The van der Waals surface area contributed by atoms with Crippen LogP contribution in [0.2, 0.25) is 0 Å². The van der Waals surface area contributed by atoms with E-state index in [9.17, 15) is 0 Å². The standard InChI is InChI=1S/C49H31N3/c1-2-12-35(13-3-1)48-50-31-51-49(52-48)36-22-18-34(19-23-36)39-26-27-44-45(30-39)47(41-25-21-33-11-5-7-15-38(33)29-41)43-17-9-8-16-42(43)46(44)40-24-20-32-10-4-6-14-37(32)28-40/h1-31H. The molecule has 1 heterocycles. The van der Waals surface area contributed by atoms with Gasteiger partial charge in [-0.1, -0.05) is 164 Å². The Morgan fingerprint density at radius 2 is 0.712 bits per heavy atom. The van der Waals surface area contributed by atoms with Crippen LogP contribution in [0, 0.1) is 0 Å². The van der Waals surface area contributed by atoms with Gasteiger partial charge in [-0.2, -0.15) is 0 Å². The Hall–Kier alpha value is -6.97. The summed E-state index contributed by atoms with van der Waals surface area (Å²) in [7, 11) is 0. The average Bonchev–Trinajstić information content (AvgIpc) is 3.22. The van der Waals surface area contributed by atoms with E-state index in [0.717, 1.165) is 22.3 Å². The molecule has 1 aromatic heterocycles. The normalized spacial score (nSPS) is 11.5. The number of rotatable bonds is 5. The van der Waals surface area contributed by atoms with Gasteiger partial charge in [0, 0.05) is 11.1 Å². The number of hydrogen-bond donors (Lipinski definition) is 0. The van der Waals surface area contributed by atoms with Crippen molar-refractivity contribution < 1.29 is 0 Å². The van der Waals surface area contributed by atoms with E-state index in [2.05, 4.69) is 162 Å². The van der Waals surface area contributed by atoms with E-state index >= 15 is 0 Å². The van der Waals surface area contributed by atoms with Gasteiger partial charge in [-0.3, -0.25) is 0 Å². The average molecular weight is 662 g/mol. The third-order valence-corrected chi connectivity index (χ3v) is 10.2. The summed E-state index contributed by atoms with van der Waals surface area (Å²) in [4.78, 5) is 13.7. The number of nitrogens with zero attached hydrogens (tertiary/aromatic N) is 3. The second-order valence-corrected chi connectivity index (χ2v) is 13.3. The highest BCUT2D eigenvalue weighted by molar-refractivity contribution is 6.22. The number of aromatic nitrogens is 3. The minimum atomic E-state index is 0.656. The zero-order chi connectivity index (χ0) is 34.4. The lowest BCUT2D eigenvalue weighted by Gasteiger charge is -2.19. The summed E-state index contributed by atoms with van der Waals surface area (Å²) in [5, 5.41) is 9.90. The second kappa shape index (κ2) is 12.4. The van der Waals surface area contributed by atoms with Crippen molar-refractivity contribution in [3.05, 3.63) is 188 Å². The van der Waals surface area contributed by atoms with Crippen molar-refractivity contribution in [2.45, 2.75) is 0 Å². The molecule has 0 unspecified atom stereocenters. The van der Waals surface area contributed by atoms with Gasteiger partial charge in [-0.25, -0.2) is 15.0 Å². The first-order valence-corrected chi connectivity index (χ1v) is 17.6. The first-order chi connectivity index (χ1) is 25.8. The summed E-state index contributed by atoms with van der Waals surface area (Å²) in [5.41, 5.74) is 9.14. The molecule has 52 heavy (non-hydrogen) atoms. The summed E-state index contributed by atoms with van der Waals surface area (Å²) < 4.78 is 0. The van der Waals surface area contributed by atoms with Gasteiger partial charge in [-0.15, -0.1) is 0 Å². The summed E-state index contributed by atoms with van der Waals surface area (Å²) in [6.07, 6.45) is 1.59. The Morgan fingerprint density at radius 1 is 0.269 bits per heavy atom. The molecule has 0 bridgehead atoms. The van der Waals surface area contributed by atoms with Gasteiger partial charge in [0.25, 0.3) is 0 Å². The maximum absolute atomic E-state index is 4.79. The minimum Gasteiger partial charge on any atom is -0.217 e. The van der Waals surface area contributed by atoms with E-state index in [0.29, 0.717) is 11.6 Å². The number of hydrogen-bond acceptors (Lipinski definition) is 3. The van der Waals surface area contributed by atoms with Crippen LogP contribution in [0.25, 0.3) is 99.2 Å². The molecule has 0 saturated heterocycles. The van der Waals surface area contributed by atoms with Gasteiger partial charge in [0.1, 0.15) is 6.33 Å². The van der Waals surface area contributed by atoms with E-state index in [-0.39, 0.29) is 0 Å². The van der Waals surface area contributed by atoms with Crippen LogP contribution in [-0.2, 0) is 0 Å². The van der Waals surface area contributed by atoms with Crippen LogP contribution in [-0.4, -0.2) is 15.0 Å². The third-order valence-electron chi connectivity index (χ3n) is 10.2. The molecule has 10 rings (SSSR count). The minimum absolute atomic E-state index is 0.656. The van der Waals surface area contributed by atoms with E-state index in [4.69, 9.17) is 4.98 Å². The van der Waals surface area contributed by atoms with Crippen LogP contribution >= 0.6 is 0 Å². The van der Waals surface area contributed by atoms with Crippen molar-refractivity contribution in [2.24, 2.45) is 0 Å². The lowest BCUT2D eigenvalue weighted by Crippen LogP contribution is -1.95. The van der Waals surface area contributed by atoms with Crippen LogP contribution in [0.15, 0.2) is 188 Å². The molecule has 242 valence electrons. The van der Waals surface area contributed by atoms with Crippen molar-refractivity contribution in [1.82, 2.24) is 15.0 Å². The SMILES string of the molecule is c1ccc(-c2ncnc(-c3ccc(-c4ccc5c(-c6ccc7ccccc7c6)c6ccccc6c(-c6ccc7ccccc7c6)c5c4)cc3)n2)cc1. The molecule has 0 aliphatic heterocycles. The Kier molecular flexibility index (Phi) is 7.14. The molecule has 10 aromatic rings. The van der Waals surface area contributed by atoms with Crippen molar-refractivity contribution in [3.8, 4) is 56.2 Å². The van der Waals surface area contributed by atoms with Crippen molar-refractivity contribution >= 4 is 43.1 Å². The molecule has 0 aliphatic rings.